The molecule has 0 aromatic heterocycles. The number of benzene rings is 2. The van der Waals surface area contributed by atoms with Gasteiger partial charge in [0.1, 0.15) is 0 Å². The maximum atomic E-state index is 11.8. The lowest BCUT2D eigenvalue weighted by atomic mass is 10.1. The van der Waals surface area contributed by atoms with Gasteiger partial charge in [0.2, 0.25) is 0 Å². The molecule has 0 unspecified atom stereocenters. The van der Waals surface area contributed by atoms with Crippen molar-refractivity contribution >= 4 is 11.9 Å². The molecule has 0 radical (unpaired) electrons. The van der Waals surface area contributed by atoms with E-state index in [1.54, 1.807) is 14.2 Å². The highest BCUT2D eigenvalue weighted by Crippen LogP contribution is 2.27. The van der Waals surface area contributed by atoms with E-state index in [1.807, 2.05) is 56.3 Å². The second-order valence-electron chi connectivity index (χ2n) is 6.62. The van der Waals surface area contributed by atoms with Crippen LogP contribution in [-0.2, 0) is 13.0 Å². The molecule has 1 amide bonds. The van der Waals surface area contributed by atoms with Gasteiger partial charge in [-0.3, -0.25) is 4.79 Å². The molecule has 0 atom stereocenters. The van der Waals surface area contributed by atoms with Crippen molar-refractivity contribution in [2.45, 2.75) is 26.8 Å². The summed E-state index contributed by atoms with van der Waals surface area (Å²) in [6.45, 7) is 6.59. The quantitative estimate of drug-likeness (QED) is 0.413. The van der Waals surface area contributed by atoms with Crippen LogP contribution in [0.5, 0.6) is 11.5 Å². The van der Waals surface area contributed by atoms with Gasteiger partial charge in [-0.05, 0) is 55.7 Å². The number of ether oxygens (including phenoxy) is 2. The predicted octanol–water partition coefficient (Wildman–Crippen LogP) is 2.75. The second-order valence-corrected chi connectivity index (χ2v) is 6.62. The van der Waals surface area contributed by atoms with E-state index in [0.29, 0.717) is 18.7 Å². The molecule has 2 rings (SSSR count). The number of carbonyl (C=O) groups excluding carboxylic acids is 1. The summed E-state index contributed by atoms with van der Waals surface area (Å²) in [5, 5.41) is 9.41. The highest BCUT2D eigenvalue weighted by atomic mass is 16.5. The summed E-state index contributed by atoms with van der Waals surface area (Å²) in [6.07, 6.45) is 0.825. The van der Waals surface area contributed by atoms with Crippen LogP contribution in [0.2, 0.25) is 0 Å². The summed E-state index contributed by atoms with van der Waals surface area (Å²) in [5.41, 5.74) is 2.85. The Labute approximate surface area is 178 Å². The van der Waals surface area contributed by atoms with Gasteiger partial charge >= 0.3 is 0 Å². The first-order valence-corrected chi connectivity index (χ1v) is 10.2. The molecule has 162 valence electrons. The normalized spacial score (nSPS) is 11.0. The Morgan fingerprint density at radius 1 is 0.867 bits per heavy atom. The number of hydrogen-bond donors (Lipinski definition) is 3. The fraction of sp³-hybridized carbons (Fsp3) is 0.391. The van der Waals surface area contributed by atoms with Crippen LogP contribution in [0.25, 0.3) is 0 Å². The van der Waals surface area contributed by atoms with Crippen LogP contribution < -0.4 is 25.4 Å². The van der Waals surface area contributed by atoms with Gasteiger partial charge in [0, 0.05) is 25.2 Å². The van der Waals surface area contributed by atoms with E-state index in [9.17, 15) is 4.79 Å². The van der Waals surface area contributed by atoms with Crippen LogP contribution >= 0.6 is 0 Å². The van der Waals surface area contributed by atoms with E-state index in [2.05, 4.69) is 20.9 Å². The van der Waals surface area contributed by atoms with Crippen LogP contribution in [0.3, 0.4) is 0 Å². The summed E-state index contributed by atoms with van der Waals surface area (Å²) in [5.74, 6) is 2.15. The minimum Gasteiger partial charge on any atom is -0.493 e. The fourth-order valence-electron chi connectivity index (χ4n) is 2.90. The lowest BCUT2D eigenvalue weighted by Gasteiger charge is -2.13. The van der Waals surface area contributed by atoms with Gasteiger partial charge in [0.15, 0.2) is 17.5 Å². The topological polar surface area (TPSA) is 84.0 Å². The first kappa shape index (κ1) is 23.1. The number of nitrogens with one attached hydrogen (secondary N) is 3. The molecule has 3 N–H and O–H groups in total. The minimum absolute atomic E-state index is 0.0577. The average molecular weight is 413 g/mol. The van der Waals surface area contributed by atoms with Crippen LogP contribution in [0.15, 0.2) is 47.5 Å². The van der Waals surface area contributed by atoms with Gasteiger partial charge in [0.05, 0.1) is 20.8 Å². The first-order valence-electron chi connectivity index (χ1n) is 10.2. The number of methoxy groups -OCH3 is 2. The van der Waals surface area contributed by atoms with E-state index in [1.165, 1.54) is 0 Å². The lowest BCUT2D eigenvalue weighted by molar-refractivity contribution is 0.0956. The Morgan fingerprint density at radius 2 is 1.53 bits per heavy atom. The smallest absolute Gasteiger partial charge is 0.251 e. The van der Waals surface area contributed by atoms with Gasteiger partial charge in [-0.1, -0.05) is 18.2 Å². The zero-order valence-electron chi connectivity index (χ0n) is 18.2. The molecule has 0 spiro atoms. The van der Waals surface area contributed by atoms with Crippen LogP contribution in [0, 0.1) is 0 Å². The number of hydrogen-bond acceptors (Lipinski definition) is 4. The summed E-state index contributed by atoms with van der Waals surface area (Å²) in [6, 6.07) is 13.4. The highest BCUT2D eigenvalue weighted by Gasteiger charge is 2.06. The molecule has 2 aromatic rings. The fourth-order valence-corrected chi connectivity index (χ4v) is 2.90. The Balaban J connectivity index is 1.92. The van der Waals surface area contributed by atoms with Crippen molar-refractivity contribution < 1.29 is 14.3 Å². The Morgan fingerprint density at radius 3 is 2.17 bits per heavy atom. The van der Waals surface area contributed by atoms with E-state index < -0.39 is 0 Å². The number of nitrogens with zero attached hydrogens (tertiary/aromatic N) is 1. The number of guanidine groups is 1. The van der Waals surface area contributed by atoms with Crippen molar-refractivity contribution in [3.05, 3.63) is 59.2 Å². The van der Waals surface area contributed by atoms with E-state index >= 15 is 0 Å². The standard InChI is InChI=1S/C23H32N4O3/c1-5-24-22(28)19-10-7-18(8-11-19)16-27-23(25-6-2)26-14-13-17-9-12-20(29-3)21(15-17)30-4/h7-12,15H,5-6,13-14,16H2,1-4H3,(H,24,28)(H2,25,26,27). The molecule has 30 heavy (non-hydrogen) atoms. The van der Waals surface area contributed by atoms with Crippen molar-refractivity contribution in [2.24, 2.45) is 4.99 Å². The zero-order chi connectivity index (χ0) is 21.8. The highest BCUT2D eigenvalue weighted by molar-refractivity contribution is 5.94. The summed E-state index contributed by atoms with van der Waals surface area (Å²) in [4.78, 5) is 16.5. The molecule has 0 saturated carbocycles. The number of aliphatic imine (C=N–C) groups is 1. The molecule has 0 aliphatic heterocycles. The SMILES string of the molecule is CCNC(=O)c1ccc(CN=C(NCC)NCCc2ccc(OC)c(OC)c2)cc1. The third-order valence-electron chi connectivity index (χ3n) is 4.47. The first-order chi connectivity index (χ1) is 14.6. The minimum atomic E-state index is -0.0577. The maximum absolute atomic E-state index is 11.8. The molecule has 7 nitrogen and oxygen atoms in total. The van der Waals surface area contributed by atoms with Gasteiger partial charge < -0.3 is 25.4 Å². The third kappa shape index (κ3) is 6.99. The van der Waals surface area contributed by atoms with Crippen molar-refractivity contribution in [1.29, 1.82) is 0 Å². The molecule has 0 aliphatic rings. The molecule has 0 bridgehead atoms. The molecular formula is C23H32N4O3. The van der Waals surface area contributed by atoms with Crippen molar-refractivity contribution in [3.8, 4) is 11.5 Å². The van der Waals surface area contributed by atoms with E-state index in [-0.39, 0.29) is 5.91 Å². The monoisotopic (exact) mass is 412 g/mol. The molecule has 2 aromatic carbocycles. The number of amides is 1. The average Bonchev–Trinajstić information content (AvgIpc) is 2.77. The molecule has 0 fully saturated rings. The Hall–Kier alpha value is -3.22. The molecular weight excluding hydrogens is 380 g/mol. The molecule has 7 heteroatoms. The predicted molar refractivity (Wildman–Crippen MR) is 121 cm³/mol. The lowest BCUT2D eigenvalue weighted by Crippen LogP contribution is -2.38. The Bertz CT molecular complexity index is 835. The van der Waals surface area contributed by atoms with Crippen molar-refractivity contribution in [3.63, 3.8) is 0 Å². The van der Waals surface area contributed by atoms with Crippen LogP contribution in [0.4, 0.5) is 0 Å². The van der Waals surface area contributed by atoms with Gasteiger partial charge in [-0.2, -0.15) is 0 Å². The van der Waals surface area contributed by atoms with Gasteiger partial charge in [-0.25, -0.2) is 4.99 Å². The van der Waals surface area contributed by atoms with Crippen LogP contribution in [0.1, 0.15) is 35.3 Å². The maximum Gasteiger partial charge on any atom is 0.251 e. The van der Waals surface area contributed by atoms with Gasteiger partial charge in [-0.15, -0.1) is 0 Å². The van der Waals surface area contributed by atoms with Crippen molar-refractivity contribution in [1.82, 2.24) is 16.0 Å². The Kier molecular flexibility index (Phi) is 9.51. The van der Waals surface area contributed by atoms with E-state index in [0.717, 1.165) is 48.1 Å². The number of carbonyl (C=O) groups is 1. The molecule has 0 saturated heterocycles. The molecule has 0 aliphatic carbocycles. The molecule has 0 heterocycles. The summed E-state index contributed by atoms with van der Waals surface area (Å²) >= 11 is 0. The number of rotatable bonds is 10. The summed E-state index contributed by atoms with van der Waals surface area (Å²) < 4.78 is 10.6. The second kappa shape index (κ2) is 12.4. The summed E-state index contributed by atoms with van der Waals surface area (Å²) in [7, 11) is 3.27. The van der Waals surface area contributed by atoms with Crippen LogP contribution in [-0.4, -0.2) is 45.7 Å². The largest absolute Gasteiger partial charge is 0.493 e. The van der Waals surface area contributed by atoms with Crippen molar-refractivity contribution in [2.75, 3.05) is 33.9 Å². The van der Waals surface area contributed by atoms with Gasteiger partial charge in [0.25, 0.3) is 5.91 Å². The van der Waals surface area contributed by atoms with E-state index in [4.69, 9.17) is 9.47 Å². The third-order valence-corrected chi connectivity index (χ3v) is 4.47. The zero-order valence-corrected chi connectivity index (χ0v) is 18.2.